The van der Waals surface area contributed by atoms with E-state index in [1.165, 1.54) is 23.9 Å². The second-order valence-corrected chi connectivity index (χ2v) is 9.07. The van der Waals surface area contributed by atoms with Crippen LogP contribution in [0.4, 0.5) is 9.18 Å². The molecule has 2 heterocycles. The Morgan fingerprint density at radius 3 is 2.62 bits per heavy atom. The first kappa shape index (κ1) is 23.5. The molecular weight excluding hydrogens is 475 g/mol. The highest BCUT2D eigenvalue weighted by atomic mass is 32.2. The van der Waals surface area contributed by atoms with Gasteiger partial charge in [0.2, 0.25) is 5.88 Å². The molecule has 3 aromatic rings. The van der Waals surface area contributed by atoms with Crippen molar-refractivity contribution in [3.05, 3.63) is 70.4 Å². The van der Waals surface area contributed by atoms with Crippen molar-refractivity contribution in [3.8, 4) is 29.0 Å². The van der Waals surface area contributed by atoms with E-state index in [0.29, 0.717) is 27.7 Å². The summed E-state index contributed by atoms with van der Waals surface area (Å²) in [4.78, 5) is 32.7. The van der Waals surface area contributed by atoms with Gasteiger partial charge >= 0.3 is 0 Å². The van der Waals surface area contributed by atoms with Gasteiger partial charge in [0.15, 0.2) is 5.16 Å². The van der Waals surface area contributed by atoms with Crippen LogP contribution < -0.4 is 10.1 Å². The van der Waals surface area contributed by atoms with Crippen LogP contribution in [0.5, 0.6) is 11.6 Å². The Morgan fingerprint density at radius 1 is 1.18 bits per heavy atom. The molecule has 1 aliphatic rings. The Labute approximate surface area is 203 Å². The van der Waals surface area contributed by atoms with Crippen LogP contribution in [0, 0.1) is 17.1 Å². The molecule has 0 radical (unpaired) electrons. The lowest BCUT2D eigenvalue weighted by Gasteiger charge is -2.13. The van der Waals surface area contributed by atoms with Gasteiger partial charge in [0.25, 0.3) is 11.1 Å². The second kappa shape index (κ2) is 10.5. The van der Waals surface area contributed by atoms with Gasteiger partial charge in [-0.2, -0.15) is 10.2 Å². The molecule has 1 fully saturated rings. The van der Waals surface area contributed by atoms with Crippen molar-refractivity contribution < 1.29 is 18.7 Å². The Morgan fingerprint density at radius 2 is 1.94 bits per heavy atom. The van der Waals surface area contributed by atoms with Gasteiger partial charge in [0.1, 0.15) is 23.2 Å². The fourth-order valence-corrected chi connectivity index (χ4v) is 4.39. The van der Waals surface area contributed by atoms with Crippen molar-refractivity contribution in [2.24, 2.45) is 0 Å². The quantitative estimate of drug-likeness (QED) is 0.252. The van der Waals surface area contributed by atoms with Crippen LogP contribution in [0.2, 0.25) is 0 Å². The predicted octanol–water partition coefficient (Wildman–Crippen LogP) is 5.77. The number of carbonyl (C=O) groups is 2. The van der Waals surface area contributed by atoms with Crippen molar-refractivity contribution in [2.45, 2.75) is 18.5 Å². The first-order valence-electron chi connectivity index (χ1n) is 10.2. The van der Waals surface area contributed by atoms with Gasteiger partial charge in [-0.05, 0) is 54.6 Å². The highest BCUT2D eigenvalue weighted by Crippen LogP contribution is 2.35. The molecule has 2 aromatic carbocycles. The van der Waals surface area contributed by atoms with Gasteiger partial charge in [-0.1, -0.05) is 36.9 Å². The van der Waals surface area contributed by atoms with Gasteiger partial charge in [0.05, 0.1) is 10.6 Å². The normalized spacial score (nSPS) is 14.2. The number of hydrogen-bond acceptors (Lipinski definition) is 8. The minimum atomic E-state index is -0.485. The van der Waals surface area contributed by atoms with Crippen LogP contribution in [0.25, 0.3) is 17.3 Å². The molecular formula is C24H17FN4O3S2. The number of halogens is 1. The van der Waals surface area contributed by atoms with Crippen LogP contribution in [0.1, 0.15) is 24.5 Å². The van der Waals surface area contributed by atoms with Crippen LogP contribution in [0.3, 0.4) is 0 Å². The lowest BCUT2D eigenvalue weighted by molar-refractivity contribution is -0.115. The molecule has 1 N–H and O–H groups in total. The Bertz CT molecular complexity index is 1340. The average molecular weight is 493 g/mol. The summed E-state index contributed by atoms with van der Waals surface area (Å²) in [6.07, 6.45) is 2.44. The first-order valence-corrected chi connectivity index (χ1v) is 12.0. The first-order chi connectivity index (χ1) is 16.5. The number of nitriles is 1. The third-order valence-corrected chi connectivity index (χ3v) is 6.44. The van der Waals surface area contributed by atoms with Crippen molar-refractivity contribution in [1.82, 2.24) is 15.3 Å². The Balaban J connectivity index is 1.79. The summed E-state index contributed by atoms with van der Waals surface area (Å²) in [5.74, 6) is 0.261. The standard InChI is InChI=1S/C24H17FN4O3S2/c1-2-11-33-23-27-20(14-7-9-16(25)10-8-14)17(13-26)22(29-23)32-18-6-4-3-5-15(18)12-19-21(30)28-24(31)34-19/h3-10,12H,2,11H2,1H3,(H,28,30,31)/b19-12+. The summed E-state index contributed by atoms with van der Waals surface area (Å²) in [7, 11) is 0. The van der Waals surface area contributed by atoms with Crippen molar-refractivity contribution >= 4 is 40.7 Å². The lowest BCUT2D eigenvalue weighted by atomic mass is 10.1. The minimum absolute atomic E-state index is 0.0425. The Hall–Kier alpha value is -3.68. The molecule has 2 amide bonds. The molecule has 4 rings (SSSR count). The van der Waals surface area contributed by atoms with E-state index in [2.05, 4.69) is 21.4 Å². The molecule has 1 saturated heterocycles. The molecule has 0 aliphatic carbocycles. The van der Waals surface area contributed by atoms with Crippen molar-refractivity contribution in [1.29, 1.82) is 5.26 Å². The number of nitrogens with zero attached hydrogens (tertiary/aromatic N) is 3. The highest BCUT2D eigenvalue weighted by molar-refractivity contribution is 8.18. The van der Waals surface area contributed by atoms with Gasteiger partial charge in [-0.25, -0.2) is 9.37 Å². The third-order valence-electron chi connectivity index (χ3n) is 4.57. The zero-order chi connectivity index (χ0) is 24.1. The summed E-state index contributed by atoms with van der Waals surface area (Å²) in [5, 5.41) is 12.1. The maximum absolute atomic E-state index is 13.5. The number of thioether (sulfide) groups is 2. The molecule has 170 valence electrons. The molecule has 0 spiro atoms. The molecule has 0 saturated carbocycles. The fourth-order valence-electron chi connectivity index (χ4n) is 3.03. The van der Waals surface area contributed by atoms with E-state index in [1.54, 1.807) is 42.5 Å². The molecule has 34 heavy (non-hydrogen) atoms. The van der Waals surface area contributed by atoms with Gasteiger partial charge in [0, 0.05) is 16.9 Å². The van der Waals surface area contributed by atoms with E-state index in [4.69, 9.17) is 4.74 Å². The average Bonchev–Trinajstić information content (AvgIpc) is 3.15. The molecule has 10 heteroatoms. The van der Waals surface area contributed by atoms with Crippen LogP contribution in [-0.2, 0) is 4.79 Å². The van der Waals surface area contributed by atoms with Crippen LogP contribution in [0.15, 0.2) is 58.6 Å². The Kier molecular flexibility index (Phi) is 7.25. The van der Waals surface area contributed by atoms with Crippen LogP contribution in [-0.4, -0.2) is 26.9 Å². The molecule has 1 aromatic heterocycles. The summed E-state index contributed by atoms with van der Waals surface area (Å²) in [6.45, 7) is 2.03. The number of aromatic nitrogens is 2. The number of hydrogen-bond donors (Lipinski definition) is 1. The lowest BCUT2D eigenvalue weighted by Crippen LogP contribution is -2.17. The third kappa shape index (κ3) is 5.27. The van der Waals surface area contributed by atoms with E-state index >= 15 is 0 Å². The summed E-state index contributed by atoms with van der Waals surface area (Å²) in [6, 6.07) is 14.7. The number of benzene rings is 2. The fraction of sp³-hybridized carbons (Fsp3) is 0.125. The topological polar surface area (TPSA) is 105 Å². The molecule has 7 nitrogen and oxygen atoms in total. The monoisotopic (exact) mass is 492 g/mol. The van der Waals surface area contributed by atoms with Crippen LogP contribution >= 0.6 is 23.5 Å². The van der Waals surface area contributed by atoms with E-state index in [9.17, 15) is 19.2 Å². The minimum Gasteiger partial charge on any atom is -0.437 e. The van der Waals surface area contributed by atoms with Crippen molar-refractivity contribution in [2.75, 3.05) is 5.75 Å². The number of nitrogens with one attached hydrogen (secondary N) is 1. The van der Waals surface area contributed by atoms with E-state index in [0.717, 1.165) is 23.9 Å². The number of carbonyl (C=O) groups excluding carboxylic acids is 2. The molecule has 0 unspecified atom stereocenters. The summed E-state index contributed by atoms with van der Waals surface area (Å²) >= 11 is 2.21. The second-order valence-electron chi connectivity index (χ2n) is 6.99. The number of para-hydroxylation sites is 1. The number of ether oxygens (including phenoxy) is 1. The highest BCUT2D eigenvalue weighted by Gasteiger charge is 2.26. The number of rotatable bonds is 7. The van der Waals surface area contributed by atoms with E-state index < -0.39 is 17.0 Å². The zero-order valence-electron chi connectivity index (χ0n) is 17.9. The predicted molar refractivity (Wildman–Crippen MR) is 129 cm³/mol. The smallest absolute Gasteiger partial charge is 0.290 e. The number of imide groups is 1. The molecule has 0 atom stereocenters. The molecule has 1 aliphatic heterocycles. The van der Waals surface area contributed by atoms with Gasteiger partial charge < -0.3 is 4.74 Å². The van der Waals surface area contributed by atoms with Gasteiger partial charge in [-0.3, -0.25) is 14.9 Å². The van der Waals surface area contributed by atoms with Gasteiger partial charge in [-0.15, -0.1) is 0 Å². The number of amides is 2. The largest absolute Gasteiger partial charge is 0.437 e. The summed E-state index contributed by atoms with van der Waals surface area (Å²) < 4.78 is 19.6. The van der Waals surface area contributed by atoms with E-state index in [1.807, 2.05) is 6.92 Å². The SMILES string of the molecule is CCCSc1nc(Oc2ccccc2/C=C2/SC(=O)NC2=O)c(C#N)c(-c2ccc(F)cc2)n1. The zero-order valence-corrected chi connectivity index (χ0v) is 19.5. The van der Waals surface area contributed by atoms with E-state index in [-0.39, 0.29) is 16.3 Å². The molecule has 0 bridgehead atoms. The summed E-state index contributed by atoms with van der Waals surface area (Å²) in [5.41, 5.74) is 1.51. The maximum Gasteiger partial charge on any atom is 0.290 e. The maximum atomic E-state index is 13.5. The van der Waals surface area contributed by atoms with Crippen molar-refractivity contribution in [3.63, 3.8) is 0 Å².